The van der Waals surface area contributed by atoms with E-state index in [1.165, 1.54) is 16.7 Å². The van der Waals surface area contributed by atoms with E-state index >= 15 is 0 Å². The quantitative estimate of drug-likeness (QED) is 0.868. The maximum Gasteiger partial charge on any atom is 0.0569 e. The van der Waals surface area contributed by atoms with Crippen LogP contribution in [0.25, 0.3) is 0 Å². The number of aryl methyl sites for hydroxylation is 2. The number of aliphatic hydroxyl groups excluding tert-OH is 1. The van der Waals surface area contributed by atoms with E-state index in [0.717, 1.165) is 25.9 Å². The van der Waals surface area contributed by atoms with Crippen LogP contribution >= 0.6 is 0 Å². The fraction of sp³-hybridized carbons (Fsp3) is 0.625. The largest absolute Gasteiger partial charge is 0.393 e. The Bertz CT molecular complexity index is 425. The van der Waals surface area contributed by atoms with Gasteiger partial charge in [-0.3, -0.25) is 4.90 Å². The number of likely N-dealkylation sites (tertiary alicyclic amines) is 1. The molecule has 0 aliphatic carbocycles. The van der Waals surface area contributed by atoms with Gasteiger partial charge >= 0.3 is 0 Å². The van der Waals surface area contributed by atoms with Crippen molar-refractivity contribution in [3.8, 4) is 0 Å². The number of benzene rings is 1. The molecule has 1 N–H and O–H groups in total. The predicted octanol–water partition coefficient (Wildman–Crippen LogP) is 3.04. The van der Waals surface area contributed by atoms with Crippen LogP contribution in [0.2, 0.25) is 0 Å². The molecule has 1 aromatic carbocycles. The molecule has 0 saturated carbocycles. The van der Waals surface area contributed by atoms with Gasteiger partial charge in [0.05, 0.1) is 6.10 Å². The standard InChI is InChI=1S/C16H25NO/c1-12-5-6-13(2)14(9-12)11-17-8-7-15(18)10-16(17,3)4/h5-6,9,15,18H,7-8,10-11H2,1-4H3. The van der Waals surface area contributed by atoms with Gasteiger partial charge in [-0.1, -0.05) is 23.8 Å². The van der Waals surface area contributed by atoms with Gasteiger partial charge in [-0.05, 0) is 51.7 Å². The Balaban J connectivity index is 2.15. The molecule has 1 aliphatic heterocycles. The second-order valence-electron chi connectivity index (χ2n) is 6.31. The van der Waals surface area contributed by atoms with Crippen LogP contribution in [0, 0.1) is 13.8 Å². The smallest absolute Gasteiger partial charge is 0.0569 e. The molecule has 1 unspecified atom stereocenters. The molecular formula is C16H25NO. The van der Waals surface area contributed by atoms with Gasteiger partial charge in [-0.2, -0.15) is 0 Å². The first-order valence-corrected chi connectivity index (χ1v) is 6.88. The van der Waals surface area contributed by atoms with Gasteiger partial charge in [0, 0.05) is 18.6 Å². The van der Waals surface area contributed by atoms with Crippen LogP contribution in [0.5, 0.6) is 0 Å². The Labute approximate surface area is 111 Å². The lowest BCUT2D eigenvalue weighted by atomic mass is 9.87. The molecule has 1 fully saturated rings. The monoisotopic (exact) mass is 247 g/mol. The normalized spacial score (nSPS) is 24.2. The van der Waals surface area contributed by atoms with E-state index in [9.17, 15) is 5.11 Å². The summed E-state index contributed by atoms with van der Waals surface area (Å²) in [4.78, 5) is 2.50. The van der Waals surface area contributed by atoms with Gasteiger partial charge in [0.1, 0.15) is 0 Å². The molecule has 0 spiro atoms. The summed E-state index contributed by atoms with van der Waals surface area (Å²) in [5.41, 5.74) is 4.20. The molecule has 18 heavy (non-hydrogen) atoms. The maximum absolute atomic E-state index is 9.80. The zero-order valence-corrected chi connectivity index (χ0v) is 12.0. The first-order chi connectivity index (χ1) is 8.38. The maximum atomic E-state index is 9.80. The Morgan fingerprint density at radius 1 is 1.33 bits per heavy atom. The van der Waals surface area contributed by atoms with Gasteiger partial charge < -0.3 is 5.11 Å². The summed E-state index contributed by atoms with van der Waals surface area (Å²) in [6.45, 7) is 10.8. The fourth-order valence-corrected chi connectivity index (χ4v) is 2.88. The van der Waals surface area contributed by atoms with Crippen LogP contribution < -0.4 is 0 Å². The van der Waals surface area contributed by atoms with Crippen molar-refractivity contribution in [3.63, 3.8) is 0 Å². The zero-order chi connectivity index (χ0) is 13.3. The van der Waals surface area contributed by atoms with Crippen LogP contribution in [0.3, 0.4) is 0 Å². The molecule has 2 rings (SSSR count). The van der Waals surface area contributed by atoms with Gasteiger partial charge in [-0.15, -0.1) is 0 Å². The SMILES string of the molecule is Cc1ccc(C)c(CN2CCC(O)CC2(C)C)c1. The molecule has 2 nitrogen and oxygen atoms in total. The van der Waals surface area contributed by atoms with Crippen LogP contribution in [0.4, 0.5) is 0 Å². The van der Waals surface area contributed by atoms with E-state index in [4.69, 9.17) is 0 Å². The Kier molecular flexibility index (Phi) is 3.79. The minimum absolute atomic E-state index is 0.0911. The summed E-state index contributed by atoms with van der Waals surface area (Å²) < 4.78 is 0. The number of hydrogen-bond acceptors (Lipinski definition) is 2. The highest BCUT2D eigenvalue weighted by Gasteiger charge is 2.33. The van der Waals surface area contributed by atoms with E-state index in [-0.39, 0.29) is 11.6 Å². The molecule has 100 valence electrons. The van der Waals surface area contributed by atoms with Crippen molar-refractivity contribution in [3.05, 3.63) is 34.9 Å². The summed E-state index contributed by atoms with van der Waals surface area (Å²) in [5, 5.41) is 9.80. The average Bonchev–Trinajstić information content (AvgIpc) is 2.26. The Morgan fingerprint density at radius 2 is 2.06 bits per heavy atom. The van der Waals surface area contributed by atoms with Crippen molar-refractivity contribution in [2.24, 2.45) is 0 Å². The first-order valence-electron chi connectivity index (χ1n) is 6.88. The zero-order valence-electron chi connectivity index (χ0n) is 12.0. The van der Waals surface area contributed by atoms with E-state index in [1.807, 2.05) is 0 Å². The van der Waals surface area contributed by atoms with Gasteiger partial charge in [0.15, 0.2) is 0 Å². The van der Waals surface area contributed by atoms with Crippen molar-refractivity contribution in [2.45, 2.75) is 58.7 Å². The number of aliphatic hydroxyl groups is 1. The van der Waals surface area contributed by atoms with Gasteiger partial charge in [0.25, 0.3) is 0 Å². The van der Waals surface area contributed by atoms with Crippen LogP contribution in [-0.2, 0) is 6.54 Å². The third-order valence-corrected chi connectivity index (χ3v) is 4.19. The summed E-state index contributed by atoms with van der Waals surface area (Å²) in [7, 11) is 0. The van der Waals surface area contributed by atoms with Crippen molar-refractivity contribution < 1.29 is 5.11 Å². The molecular weight excluding hydrogens is 222 g/mol. The van der Waals surface area contributed by atoms with Crippen molar-refractivity contribution in [1.82, 2.24) is 4.90 Å². The molecule has 1 aliphatic rings. The van der Waals surface area contributed by atoms with E-state index in [0.29, 0.717) is 0 Å². The molecule has 1 atom stereocenters. The van der Waals surface area contributed by atoms with Crippen molar-refractivity contribution >= 4 is 0 Å². The van der Waals surface area contributed by atoms with E-state index in [1.54, 1.807) is 0 Å². The number of nitrogens with zero attached hydrogens (tertiary/aromatic N) is 1. The highest BCUT2D eigenvalue weighted by atomic mass is 16.3. The predicted molar refractivity (Wildman–Crippen MR) is 75.6 cm³/mol. The Morgan fingerprint density at radius 3 is 2.72 bits per heavy atom. The third-order valence-electron chi connectivity index (χ3n) is 4.19. The average molecular weight is 247 g/mol. The number of hydrogen-bond donors (Lipinski definition) is 1. The van der Waals surface area contributed by atoms with Crippen LogP contribution in [-0.4, -0.2) is 28.2 Å². The molecule has 0 radical (unpaired) electrons. The van der Waals surface area contributed by atoms with Crippen LogP contribution in [0.1, 0.15) is 43.4 Å². The molecule has 1 aromatic rings. The minimum Gasteiger partial charge on any atom is -0.393 e. The summed E-state index contributed by atoms with van der Waals surface area (Å²) in [6, 6.07) is 6.66. The third kappa shape index (κ3) is 2.93. The lowest BCUT2D eigenvalue weighted by Gasteiger charge is -2.44. The van der Waals surface area contributed by atoms with E-state index < -0.39 is 0 Å². The lowest BCUT2D eigenvalue weighted by molar-refractivity contribution is -0.00726. The molecule has 2 heteroatoms. The van der Waals surface area contributed by atoms with Gasteiger partial charge in [0.2, 0.25) is 0 Å². The molecule has 0 aromatic heterocycles. The second kappa shape index (κ2) is 5.02. The fourth-order valence-electron chi connectivity index (χ4n) is 2.88. The molecule has 0 bridgehead atoms. The second-order valence-corrected chi connectivity index (χ2v) is 6.31. The van der Waals surface area contributed by atoms with Crippen molar-refractivity contribution in [1.29, 1.82) is 0 Å². The number of rotatable bonds is 2. The highest BCUT2D eigenvalue weighted by Crippen LogP contribution is 2.29. The highest BCUT2D eigenvalue weighted by molar-refractivity contribution is 5.30. The Hall–Kier alpha value is -0.860. The first kappa shape index (κ1) is 13.6. The molecule has 1 saturated heterocycles. The van der Waals surface area contributed by atoms with Crippen molar-refractivity contribution in [2.75, 3.05) is 6.54 Å². The molecule has 1 heterocycles. The summed E-state index contributed by atoms with van der Waals surface area (Å²) in [6.07, 6.45) is 1.64. The van der Waals surface area contributed by atoms with Crippen LogP contribution in [0.15, 0.2) is 18.2 Å². The topological polar surface area (TPSA) is 23.5 Å². The number of piperidine rings is 1. The molecule has 0 amide bonds. The minimum atomic E-state index is -0.130. The summed E-state index contributed by atoms with van der Waals surface area (Å²) >= 11 is 0. The lowest BCUT2D eigenvalue weighted by Crippen LogP contribution is -2.50. The van der Waals surface area contributed by atoms with Gasteiger partial charge in [-0.25, -0.2) is 0 Å². The van der Waals surface area contributed by atoms with E-state index in [2.05, 4.69) is 50.8 Å². The summed E-state index contributed by atoms with van der Waals surface area (Å²) in [5.74, 6) is 0.